The van der Waals surface area contributed by atoms with Crippen LogP contribution in [0.3, 0.4) is 0 Å². The first-order valence-electron chi connectivity index (χ1n) is 7.93. The van der Waals surface area contributed by atoms with Gasteiger partial charge in [-0.2, -0.15) is 13.2 Å². The molecule has 1 amide bonds. The Morgan fingerprint density at radius 1 is 1.33 bits per heavy atom. The number of nitrogens with zero attached hydrogens (tertiary/aromatic N) is 3. The van der Waals surface area contributed by atoms with E-state index in [1.807, 2.05) is 0 Å². The highest BCUT2D eigenvalue weighted by Crippen LogP contribution is 2.44. The quantitative estimate of drug-likeness (QED) is 0.841. The summed E-state index contributed by atoms with van der Waals surface area (Å²) in [5, 5.41) is 0. The van der Waals surface area contributed by atoms with E-state index in [1.54, 1.807) is 16.9 Å². The third-order valence-electron chi connectivity index (χ3n) is 4.91. The molecule has 2 aliphatic heterocycles. The molecule has 0 aromatic carbocycles. The van der Waals surface area contributed by atoms with E-state index in [-0.39, 0.29) is 18.3 Å². The fourth-order valence-electron chi connectivity index (χ4n) is 3.61. The molecule has 1 atom stereocenters. The second-order valence-electron chi connectivity index (χ2n) is 6.36. The van der Waals surface area contributed by atoms with Crippen LogP contribution < -0.4 is 4.90 Å². The monoisotopic (exact) mass is 343 g/mol. The van der Waals surface area contributed by atoms with E-state index in [9.17, 15) is 18.0 Å². The predicted molar refractivity (Wildman–Crippen MR) is 81.6 cm³/mol. The first kappa shape index (κ1) is 17.0. The van der Waals surface area contributed by atoms with Crippen molar-refractivity contribution in [3.05, 3.63) is 23.9 Å². The largest absolute Gasteiger partial charge is 0.419 e. The third-order valence-corrected chi connectivity index (χ3v) is 4.91. The number of ether oxygens (including phenoxy) is 1. The molecule has 24 heavy (non-hydrogen) atoms. The number of carbonyl (C=O) groups is 1. The molecule has 2 aliphatic rings. The zero-order valence-electron chi connectivity index (χ0n) is 13.5. The SMILES string of the molecule is COCCN1CCC2(CCN(c3ncccc3C(F)(F)F)C2)C1=O. The molecule has 0 bridgehead atoms. The average molecular weight is 343 g/mol. The minimum atomic E-state index is -4.45. The molecular weight excluding hydrogens is 323 g/mol. The number of hydrogen-bond acceptors (Lipinski definition) is 4. The van der Waals surface area contributed by atoms with Crippen molar-refractivity contribution in [2.45, 2.75) is 19.0 Å². The van der Waals surface area contributed by atoms with Gasteiger partial charge >= 0.3 is 6.18 Å². The number of anilines is 1. The number of carbonyl (C=O) groups excluding carboxylic acids is 1. The van der Waals surface area contributed by atoms with E-state index in [0.29, 0.717) is 39.1 Å². The second kappa shape index (κ2) is 6.23. The molecule has 3 rings (SSSR count). The minimum absolute atomic E-state index is 0.0199. The topological polar surface area (TPSA) is 45.7 Å². The maximum Gasteiger partial charge on any atom is 0.419 e. The van der Waals surface area contributed by atoms with Crippen molar-refractivity contribution < 1.29 is 22.7 Å². The fourth-order valence-corrected chi connectivity index (χ4v) is 3.61. The third kappa shape index (κ3) is 2.94. The zero-order valence-corrected chi connectivity index (χ0v) is 13.5. The molecule has 2 fully saturated rings. The van der Waals surface area contributed by atoms with Crippen molar-refractivity contribution in [2.24, 2.45) is 5.41 Å². The highest BCUT2D eigenvalue weighted by Gasteiger charge is 2.51. The molecule has 1 unspecified atom stereocenters. The fraction of sp³-hybridized carbons (Fsp3) is 0.625. The average Bonchev–Trinajstić information content (AvgIpc) is 3.11. The van der Waals surface area contributed by atoms with Crippen LogP contribution in [0.5, 0.6) is 0 Å². The second-order valence-corrected chi connectivity index (χ2v) is 6.36. The first-order chi connectivity index (χ1) is 11.4. The molecule has 0 saturated carbocycles. The molecule has 3 heterocycles. The molecule has 0 aliphatic carbocycles. The summed E-state index contributed by atoms with van der Waals surface area (Å²) in [6, 6.07) is 2.32. The summed E-state index contributed by atoms with van der Waals surface area (Å²) in [5.41, 5.74) is -1.34. The van der Waals surface area contributed by atoms with E-state index in [2.05, 4.69) is 4.98 Å². The Labute approximate surface area is 138 Å². The van der Waals surface area contributed by atoms with Crippen LogP contribution in [0.15, 0.2) is 18.3 Å². The van der Waals surface area contributed by atoms with Crippen LogP contribution in [-0.2, 0) is 15.7 Å². The molecule has 0 N–H and O–H groups in total. The van der Waals surface area contributed by atoms with Crippen molar-refractivity contribution in [1.29, 1.82) is 0 Å². The van der Waals surface area contributed by atoms with Crippen LogP contribution in [0.25, 0.3) is 0 Å². The van der Waals surface area contributed by atoms with Crippen molar-refractivity contribution in [1.82, 2.24) is 9.88 Å². The molecule has 8 heteroatoms. The van der Waals surface area contributed by atoms with Gasteiger partial charge in [0.25, 0.3) is 0 Å². The summed E-state index contributed by atoms with van der Waals surface area (Å²) < 4.78 is 44.6. The van der Waals surface area contributed by atoms with Gasteiger partial charge in [0.2, 0.25) is 5.91 Å². The lowest BCUT2D eigenvalue weighted by molar-refractivity contribution is -0.137. The lowest BCUT2D eigenvalue weighted by Crippen LogP contribution is -2.38. The van der Waals surface area contributed by atoms with E-state index in [4.69, 9.17) is 4.74 Å². The summed E-state index contributed by atoms with van der Waals surface area (Å²) in [5.74, 6) is -0.0587. The Bertz CT molecular complexity index is 623. The summed E-state index contributed by atoms with van der Waals surface area (Å²) >= 11 is 0. The Balaban J connectivity index is 1.78. The van der Waals surface area contributed by atoms with Crippen molar-refractivity contribution in [2.75, 3.05) is 44.8 Å². The molecule has 2 saturated heterocycles. The van der Waals surface area contributed by atoms with E-state index >= 15 is 0 Å². The smallest absolute Gasteiger partial charge is 0.383 e. The summed E-state index contributed by atoms with van der Waals surface area (Å²) in [6.07, 6.45) is -1.87. The molecule has 1 aromatic rings. The van der Waals surface area contributed by atoms with Gasteiger partial charge in [0.05, 0.1) is 17.6 Å². The van der Waals surface area contributed by atoms with Gasteiger partial charge in [0.1, 0.15) is 5.82 Å². The Kier molecular flexibility index (Phi) is 4.42. The number of likely N-dealkylation sites (tertiary alicyclic amines) is 1. The van der Waals surface area contributed by atoms with Gasteiger partial charge in [-0.05, 0) is 25.0 Å². The van der Waals surface area contributed by atoms with Gasteiger partial charge in [-0.15, -0.1) is 0 Å². The molecule has 1 aromatic heterocycles. The van der Waals surface area contributed by atoms with E-state index < -0.39 is 17.2 Å². The summed E-state index contributed by atoms with van der Waals surface area (Å²) in [6.45, 7) is 2.31. The summed E-state index contributed by atoms with van der Waals surface area (Å²) in [4.78, 5) is 20.0. The molecule has 132 valence electrons. The van der Waals surface area contributed by atoms with Gasteiger partial charge in [-0.3, -0.25) is 4.79 Å². The number of pyridine rings is 1. The molecular formula is C16H20F3N3O2. The molecule has 0 radical (unpaired) electrons. The Hall–Kier alpha value is -1.83. The zero-order chi connectivity index (χ0) is 17.4. The number of amides is 1. The lowest BCUT2D eigenvalue weighted by atomic mass is 9.85. The van der Waals surface area contributed by atoms with Crippen LogP contribution in [-0.4, -0.2) is 55.7 Å². The molecule has 5 nitrogen and oxygen atoms in total. The Morgan fingerprint density at radius 2 is 2.08 bits per heavy atom. The number of halogens is 3. The minimum Gasteiger partial charge on any atom is -0.383 e. The molecule has 1 spiro atoms. The van der Waals surface area contributed by atoms with Gasteiger partial charge in [-0.25, -0.2) is 4.98 Å². The highest BCUT2D eigenvalue weighted by molar-refractivity contribution is 5.86. The van der Waals surface area contributed by atoms with Gasteiger partial charge < -0.3 is 14.5 Å². The number of hydrogen-bond donors (Lipinski definition) is 0. The van der Waals surface area contributed by atoms with Crippen LogP contribution in [0, 0.1) is 5.41 Å². The van der Waals surface area contributed by atoms with Gasteiger partial charge in [0, 0.05) is 39.5 Å². The van der Waals surface area contributed by atoms with E-state index in [0.717, 1.165) is 6.07 Å². The van der Waals surface area contributed by atoms with Crippen LogP contribution in [0.4, 0.5) is 19.0 Å². The Morgan fingerprint density at radius 3 is 2.79 bits per heavy atom. The van der Waals surface area contributed by atoms with Gasteiger partial charge in [-0.1, -0.05) is 0 Å². The van der Waals surface area contributed by atoms with Crippen LogP contribution in [0.1, 0.15) is 18.4 Å². The van der Waals surface area contributed by atoms with Crippen molar-refractivity contribution >= 4 is 11.7 Å². The lowest BCUT2D eigenvalue weighted by Gasteiger charge is -2.25. The predicted octanol–water partition coefficient (Wildman–Crippen LogP) is 2.18. The van der Waals surface area contributed by atoms with Crippen molar-refractivity contribution in [3.8, 4) is 0 Å². The summed E-state index contributed by atoms with van der Waals surface area (Å²) in [7, 11) is 1.58. The number of rotatable bonds is 4. The van der Waals surface area contributed by atoms with Gasteiger partial charge in [0.15, 0.2) is 0 Å². The standard InChI is InChI=1S/C16H20F3N3O2/c1-24-10-9-21-7-4-15(14(21)23)5-8-22(11-15)13-12(16(17,18)19)3-2-6-20-13/h2-3,6H,4-5,7-11H2,1H3. The maximum absolute atomic E-state index is 13.2. The van der Waals surface area contributed by atoms with Crippen LogP contribution >= 0.6 is 0 Å². The number of aromatic nitrogens is 1. The maximum atomic E-state index is 13.2. The van der Waals surface area contributed by atoms with Crippen LogP contribution in [0.2, 0.25) is 0 Å². The number of methoxy groups -OCH3 is 1. The normalized spacial score (nSPS) is 24.4. The van der Waals surface area contributed by atoms with Crippen molar-refractivity contribution in [3.63, 3.8) is 0 Å². The number of alkyl halides is 3. The van der Waals surface area contributed by atoms with E-state index in [1.165, 1.54) is 12.3 Å². The highest BCUT2D eigenvalue weighted by atomic mass is 19.4. The first-order valence-corrected chi connectivity index (χ1v) is 7.93.